The predicted molar refractivity (Wildman–Crippen MR) is 156 cm³/mol. The zero-order chi connectivity index (χ0) is 28.2. The Labute approximate surface area is 237 Å². The minimum absolute atomic E-state index is 0.0117. The lowest BCUT2D eigenvalue weighted by Gasteiger charge is -2.27. The Morgan fingerprint density at radius 2 is 1.89 bits per heavy atom. The fraction of sp³-hybridized carbons (Fsp3) is 0.500. The van der Waals surface area contributed by atoms with Crippen LogP contribution in [0.25, 0.3) is 0 Å². The molecule has 1 aliphatic rings. The van der Waals surface area contributed by atoms with Crippen LogP contribution in [-0.2, 0) is 4.79 Å². The number of nitrogens with zero attached hydrogens (tertiary/aromatic N) is 6. The molecule has 0 spiro atoms. The van der Waals surface area contributed by atoms with Crippen LogP contribution in [0.4, 0.5) is 5.69 Å². The second-order valence-electron chi connectivity index (χ2n) is 9.08. The molecular formula is C28H38Cl2N6O2. The Balaban J connectivity index is 0.00000247. The van der Waals surface area contributed by atoms with Crippen molar-refractivity contribution in [3.8, 4) is 18.6 Å². The molecule has 0 aliphatic carbocycles. The Kier molecular flexibility index (Phi) is 12.6. The van der Waals surface area contributed by atoms with E-state index in [4.69, 9.17) is 27.9 Å². The zero-order valence-electron chi connectivity index (χ0n) is 22.8. The van der Waals surface area contributed by atoms with Gasteiger partial charge < -0.3 is 14.5 Å². The molecule has 0 N–H and O–H groups in total. The molecule has 2 heterocycles. The van der Waals surface area contributed by atoms with Crippen molar-refractivity contribution in [3.05, 3.63) is 47.5 Å². The first kappa shape index (κ1) is 31.2. The molecule has 38 heavy (non-hydrogen) atoms. The lowest BCUT2D eigenvalue weighted by Crippen LogP contribution is -2.40. The minimum atomic E-state index is -0.393. The van der Waals surface area contributed by atoms with Crippen LogP contribution in [0.2, 0.25) is 5.02 Å². The summed E-state index contributed by atoms with van der Waals surface area (Å²) in [5.41, 5.74) is 1.63. The monoisotopic (exact) mass is 560 g/mol. The number of ether oxygens (including phenoxy) is 1. The van der Waals surface area contributed by atoms with E-state index in [0.717, 1.165) is 25.2 Å². The number of likely N-dealkylation sites (N-methyl/N-ethyl adjacent to an activating group) is 2. The average molecular weight is 562 g/mol. The van der Waals surface area contributed by atoms with Crippen LogP contribution < -0.4 is 9.64 Å². The van der Waals surface area contributed by atoms with E-state index in [1.54, 1.807) is 30.6 Å². The average Bonchev–Trinajstić information content (AvgIpc) is 3.35. The maximum Gasteiger partial charge on any atom is 0.243 e. The van der Waals surface area contributed by atoms with Gasteiger partial charge in [0.1, 0.15) is 18.0 Å². The number of halogens is 2. The molecule has 3 unspecified atom stereocenters. The summed E-state index contributed by atoms with van der Waals surface area (Å²) in [5, 5.41) is 6.57. The molecule has 206 valence electrons. The predicted octanol–water partition coefficient (Wildman–Crippen LogP) is 4.66. The van der Waals surface area contributed by atoms with Crippen LogP contribution in [0.1, 0.15) is 33.0 Å². The molecule has 0 saturated carbocycles. The number of hydrazone groups is 1. The highest BCUT2D eigenvalue weighted by molar-refractivity contribution is 6.34. The number of alkyl halides is 1. The summed E-state index contributed by atoms with van der Waals surface area (Å²) in [4.78, 5) is 25.9. The van der Waals surface area contributed by atoms with Gasteiger partial charge in [0.25, 0.3) is 0 Å². The zero-order valence-corrected chi connectivity index (χ0v) is 24.4. The first-order valence-electron chi connectivity index (χ1n) is 12.7. The molecule has 3 rings (SSSR count). The number of carbonyl (C=O) groups excluding carboxylic acids is 1. The molecular weight excluding hydrogens is 523 g/mol. The third kappa shape index (κ3) is 8.24. The van der Waals surface area contributed by atoms with Gasteiger partial charge in [0.05, 0.1) is 17.5 Å². The number of hydrogen-bond donors (Lipinski definition) is 0. The van der Waals surface area contributed by atoms with E-state index in [0.29, 0.717) is 47.2 Å². The number of aromatic nitrogens is 2. The molecule has 2 aromatic rings. The van der Waals surface area contributed by atoms with Crippen LogP contribution in [0.3, 0.4) is 0 Å². The van der Waals surface area contributed by atoms with E-state index in [9.17, 15) is 4.79 Å². The van der Waals surface area contributed by atoms with Crippen molar-refractivity contribution in [1.82, 2.24) is 19.9 Å². The van der Waals surface area contributed by atoms with E-state index in [-0.39, 0.29) is 12.5 Å². The van der Waals surface area contributed by atoms with Crippen LogP contribution in [0, 0.1) is 24.7 Å². The largest absolute Gasteiger partial charge is 0.495 e. The molecule has 1 aliphatic heterocycles. The lowest BCUT2D eigenvalue weighted by molar-refractivity contribution is -0.131. The second-order valence-corrected chi connectivity index (χ2v) is 10.1. The number of methoxy groups -OCH3 is 1. The Morgan fingerprint density at radius 1 is 1.24 bits per heavy atom. The molecule has 1 amide bonds. The van der Waals surface area contributed by atoms with E-state index in [2.05, 4.69) is 39.7 Å². The topological polar surface area (TPSA) is 74.2 Å². The van der Waals surface area contributed by atoms with E-state index in [1.165, 1.54) is 0 Å². The van der Waals surface area contributed by atoms with Gasteiger partial charge in [-0.05, 0) is 43.9 Å². The summed E-state index contributed by atoms with van der Waals surface area (Å²) in [5.74, 6) is 2.00. The molecule has 1 saturated heterocycles. The highest BCUT2D eigenvalue weighted by Crippen LogP contribution is 2.35. The summed E-state index contributed by atoms with van der Waals surface area (Å²) < 4.78 is 5.40. The molecule has 0 bridgehead atoms. The minimum Gasteiger partial charge on any atom is -0.495 e. The first-order chi connectivity index (χ1) is 18.3. The Bertz CT molecular complexity index is 1080. The van der Waals surface area contributed by atoms with Gasteiger partial charge in [0, 0.05) is 57.4 Å². The van der Waals surface area contributed by atoms with Gasteiger partial charge >= 0.3 is 0 Å². The summed E-state index contributed by atoms with van der Waals surface area (Å²) in [6, 6.07) is 7.62. The number of rotatable bonds is 11. The molecule has 1 aromatic carbocycles. The standard InChI is InChI=1S/C26H36Cl2N6O2.C2H2/c1-6-19-15-33(21-9-10-22(28)23(13-21)36-5)16-20(19)14-32(4)24(35)17-34(7-2)31-25(18(3)27)26-29-11-8-12-30-26;1-2/h8-13,18-20H,6-7,14-17H2,1-5H3;1-2H/b31-25+;. The highest BCUT2D eigenvalue weighted by Gasteiger charge is 2.33. The molecule has 8 nitrogen and oxygen atoms in total. The second kappa shape index (κ2) is 15.4. The van der Waals surface area contributed by atoms with Gasteiger partial charge in [0.2, 0.25) is 5.91 Å². The number of benzene rings is 1. The van der Waals surface area contributed by atoms with Crippen molar-refractivity contribution in [3.63, 3.8) is 0 Å². The quantitative estimate of drug-likeness (QED) is 0.172. The smallest absolute Gasteiger partial charge is 0.243 e. The normalized spacial score (nSPS) is 17.8. The fourth-order valence-electron chi connectivity index (χ4n) is 4.50. The maximum atomic E-state index is 13.2. The Morgan fingerprint density at radius 3 is 2.47 bits per heavy atom. The van der Waals surface area contributed by atoms with Crippen molar-refractivity contribution in [2.75, 3.05) is 51.8 Å². The van der Waals surface area contributed by atoms with Gasteiger partial charge in [-0.25, -0.2) is 9.97 Å². The number of carbonyl (C=O) groups is 1. The van der Waals surface area contributed by atoms with Gasteiger partial charge in [-0.1, -0.05) is 24.9 Å². The number of hydrogen-bond acceptors (Lipinski definition) is 7. The third-order valence-electron chi connectivity index (χ3n) is 6.64. The number of terminal acetylenes is 1. The van der Waals surface area contributed by atoms with Crippen LogP contribution in [0.15, 0.2) is 41.8 Å². The van der Waals surface area contributed by atoms with Crippen LogP contribution in [-0.4, -0.2) is 83.8 Å². The summed E-state index contributed by atoms with van der Waals surface area (Å²) >= 11 is 12.6. The molecule has 1 aromatic heterocycles. The molecule has 3 atom stereocenters. The van der Waals surface area contributed by atoms with E-state index in [1.807, 2.05) is 44.0 Å². The van der Waals surface area contributed by atoms with Gasteiger partial charge in [-0.2, -0.15) is 5.10 Å². The number of amides is 1. The van der Waals surface area contributed by atoms with E-state index < -0.39 is 5.38 Å². The SMILES string of the molecule is C#C.CCC1CN(c2ccc(Cl)c(OC)c2)CC1CN(C)C(=O)CN(CC)/N=C(/c1ncccn1)C(C)Cl. The first-order valence-corrected chi connectivity index (χ1v) is 13.5. The van der Waals surface area contributed by atoms with Crippen LogP contribution in [0.5, 0.6) is 5.75 Å². The van der Waals surface area contributed by atoms with Crippen molar-refractivity contribution >= 4 is 40.5 Å². The highest BCUT2D eigenvalue weighted by atomic mass is 35.5. The van der Waals surface area contributed by atoms with Crippen molar-refractivity contribution < 1.29 is 9.53 Å². The molecule has 0 radical (unpaired) electrons. The van der Waals surface area contributed by atoms with Crippen molar-refractivity contribution in [1.29, 1.82) is 0 Å². The number of anilines is 1. The lowest BCUT2D eigenvalue weighted by atomic mass is 9.93. The van der Waals surface area contributed by atoms with Gasteiger partial charge in [-0.15, -0.1) is 24.4 Å². The van der Waals surface area contributed by atoms with Crippen molar-refractivity contribution in [2.24, 2.45) is 16.9 Å². The summed E-state index contributed by atoms with van der Waals surface area (Å²) in [6.45, 7) is 9.21. The molecule has 1 fully saturated rings. The fourth-order valence-corrected chi connectivity index (χ4v) is 4.83. The van der Waals surface area contributed by atoms with Gasteiger partial charge in [-0.3, -0.25) is 9.80 Å². The third-order valence-corrected chi connectivity index (χ3v) is 7.16. The summed E-state index contributed by atoms with van der Waals surface area (Å²) in [7, 11) is 3.49. The summed E-state index contributed by atoms with van der Waals surface area (Å²) in [6.07, 6.45) is 12.4. The Hall–Kier alpha value is -3.02. The van der Waals surface area contributed by atoms with Crippen LogP contribution >= 0.6 is 23.2 Å². The van der Waals surface area contributed by atoms with E-state index >= 15 is 0 Å². The maximum absolute atomic E-state index is 13.2. The van der Waals surface area contributed by atoms with Gasteiger partial charge in [0.15, 0.2) is 5.82 Å². The van der Waals surface area contributed by atoms with Crippen molar-refractivity contribution in [2.45, 2.75) is 32.6 Å². The molecule has 10 heteroatoms.